The number of benzene rings is 1. The SMILES string of the molecule is O=C(Nc1ccc(Cl)c(Cl)c1)NC1CC(C(F)(F)F)CNC1=O. The third-order valence-electron chi connectivity index (χ3n) is 3.31. The molecule has 0 radical (unpaired) electrons. The molecule has 3 amide bonds. The Morgan fingerprint density at radius 2 is 1.96 bits per heavy atom. The average Bonchev–Trinajstić information content (AvgIpc) is 2.44. The number of urea groups is 1. The van der Waals surface area contributed by atoms with Crippen LogP contribution in [0.2, 0.25) is 10.0 Å². The second-order valence-corrected chi connectivity index (χ2v) is 5.81. The predicted molar refractivity (Wildman–Crippen MR) is 79.6 cm³/mol. The van der Waals surface area contributed by atoms with Gasteiger partial charge in [0.05, 0.1) is 16.0 Å². The van der Waals surface area contributed by atoms with Gasteiger partial charge in [-0.2, -0.15) is 13.2 Å². The molecule has 10 heteroatoms. The summed E-state index contributed by atoms with van der Waals surface area (Å²) in [6, 6.07) is 2.22. The third-order valence-corrected chi connectivity index (χ3v) is 4.04. The van der Waals surface area contributed by atoms with Crippen molar-refractivity contribution >= 4 is 40.8 Å². The quantitative estimate of drug-likeness (QED) is 0.749. The fraction of sp³-hybridized carbons (Fsp3) is 0.385. The normalized spacial score (nSPS) is 21.5. The molecule has 1 aromatic rings. The van der Waals surface area contributed by atoms with Crippen LogP contribution < -0.4 is 16.0 Å². The van der Waals surface area contributed by atoms with E-state index < -0.39 is 43.0 Å². The first kappa shape index (κ1) is 17.7. The molecule has 126 valence electrons. The van der Waals surface area contributed by atoms with Crippen molar-refractivity contribution in [3.05, 3.63) is 28.2 Å². The molecule has 23 heavy (non-hydrogen) atoms. The maximum Gasteiger partial charge on any atom is 0.393 e. The van der Waals surface area contributed by atoms with E-state index >= 15 is 0 Å². The molecule has 5 nitrogen and oxygen atoms in total. The van der Waals surface area contributed by atoms with Gasteiger partial charge in [-0.15, -0.1) is 0 Å². The minimum atomic E-state index is -4.44. The van der Waals surface area contributed by atoms with Crippen molar-refractivity contribution < 1.29 is 22.8 Å². The molecule has 1 aliphatic rings. The van der Waals surface area contributed by atoms with Gasteiger partial charge in [0.15, 0.2) is 0 Å². The zero-order valence-corrected chi connectivity index (χ0v) is 13.0. The molecule has 1 saturated heterocycles. The fourth-order valence-corrected chi connectivity index (χ4v) is 2.39. The molecule has 0 aliphatic carbocycles. The lowest BCUT2D eigenvalue weighted by molar-refractivity contribution is -0.181. The van der Waals surface area contributed by atoms with E-state index in [0.717, 1.165) is 0 Å². The summed E-state index contributed by atoms with van der Waals surface area (Å²) in [5.41, 5.74) is 0.292. The second kappa shape index (κ2) is 6.84. The summed E-state index contributed by atoms with van der Waals surface area (Å²) in [7, 11) is 0. The van der Waals surface area contributed by atoms with E-state index in [1.54, 1.807) is 0 Å². The minimum Gasteiger partial charge on any atom is -0.354 e. The topological polar surface area (TPSA) is 70.2 Å². The van der Waals surface area contributed by atoms with Crippen molar-refractivity contribution in [3.8, 4) is 0 Å². The van der Waals surface area contributed by atoms with Crippen molar-refractivity contribution in [2.24, 2.45) is 5.92 Å². The fourth-order valence-electron chi connectivity index (χ4n) is 2.10. The largest absolute Gasteiger partial charge is 0.393 e. The Morgan fingerprint density at radius 3 is 2.57 bits per heavy atom. The highest BCUT2D eigenvalue weighted by Gasteiger charge is 2.45. The van der Waals surface area contributed by atoms with Crippen LogP contribution in [-0.4, -0.2) is 30.7 Å². The number of piperidine rings is 1. The van der Waals surface area contributed by atoms with Gasteiger partial charge in [0, 0.05) is 12.2 Å². The molecule has 0 aromatic heterocycles. The summed E-state index contributed by atoms with van der Waals surface area (Å²) < 4.78 is 38.1. The van der Waals surface area contributed by atoms with Crippen LogP contribution in [0.25, 0.3) is 0 Å². The first-order valence-corrected chi connectivity index (χ1v) is 7.29. The molecule has 1 fully saturated rings. The molecule has 1 heterocycles. The molecule has 1 aromatic carbocycles. The number of anilines is 1. The summed E-state index contributed by atoms with van der Waals surface area (Å²) in [5.74, 6) is -2.36. The summed E-state index contributed by atoms with van der Waals surface area (Å²) in [6.45, 7) is -0.491. The van der Waals surface area contributed by atoms with Gasteiger partial charge in [-0.05, 0) is 24.6 Å². The molecule has 0 saturated carbocycles. The lowest BCUT2D eigenvalue weighted by Crippen LogP contribution is -2.56. The van der Waals surface area contributed by atoms with Gasteiger partial charge >= 0.3 is 12.2 Å². The summed E-state index contributed by atoms with van der Waals surface area (Å²) in [6.07, 6.45) is -4.95. The zero-order chi connectivity index (χ0) is 17.2. The van der Waals surface area contributed by atoms with Crippen molar-refractivity contribution in [1.82, 2.24) is 10.6 Å². The van der Waals surface area contributed by atoms with Gasteiger partial charge < -0.3 is 16.0 Å². The van der Waals surface area contributed by atoms with Gasteiger partial charge in [-0.25, -0.2) is 4.79 Å². The van der Waals surface area contributed by atoms with Crippen LogP contribution in [0, 0.1) is 5.92 Å². The maximum atomic E-state index is 12.7. The number of nitrogens with one attached hydrogen (secondary N) is 3. The molecular weight excluding hydrogens is 358 g/mol. The van der Waals surface area contributed by atoms with Gasteiger partial charge in [0.25, 0.3) is 0 Å². The van der Waals surface area contributed by atoms with E-state index in [1.165, 1.54) is 18.2 Å². The molecule has 2 rings (SSSR count). The Morgan fingerprint density at radius 1 is 1.26 bits per heavy atom. The molecule has 0 bridgehead atoms. The molecule has 3 N–H and O–H groups in total. The number of amides is 3. The van der Waals surface area contributed by atoms with Crippen molar-refractivity contribution in [3.63, 3.8) is 0 Å². The van der Waals surface area contributed by atoms with Crippen molar-refractivity contribution in [2.45, 2.75) is 18.6 Å². The molecule has 2 unspecified atom stereocenters. The Hall–Kier alpha value is -1.67. The van der Waals surface area contributed by atoms with Crippen LogP contribution in [0.15, 0.2) is 18.2 Å². The van der Waals surface area contributed by atoms with Crippen LogP contribution in [0.4, 0.5) is 23.7 Å². The van der Waals surface area contributed by atoms with E-state index in [1.807, 2.05) is 0 Å². The van der Waals surface area contributed by atoms with Gasteiger partial charge in [0.2, 0.25) is 5.91 Å². The number of hydrogen-bond donors (Lipinski definition) is 3. The highest BCUT2D eigenvalue weighted by atomic mass is 35.5. The van der Waals surface area contributed by atoms with Crippen LogP contribution in [0.5, 0.6) is 0 Å². The van der Waals surface area contributed by atoms with Crippen molar-refractivity contribution in [1.29, 1.82) is 0 Å². The van der Waals surface area contributed by atoms with E-state index in [-0.39, 0.29) is 10.0 Å². The second-order valence-electron chi connectivity index (χ2n) is 5.00. The van der Waals surface area contributed by atoms with Crippen molar-refractivity contribution in [2.75, 3.05) is 11.9 Å². The lowest BCUT2D eigenvalue weighted by atomic mass is 9.95. The van der Waals surface area contributed by atoms with Crippen LogP contribution in [0.3, 0.4) is 0 Å². The Balaban J connectivity index is 1.98. The summed E-state index contributed by atoms with van der Waals surface area (Å²) in [4.78, 5) is 23.4. The number of carbonyl (C=O) groups is 2. The third kappa shape index (κ3) is 4.65. The predicted octanol–water partition coefficient (Wildman–Crippen LogP) is 3.18. The smallest absolute Gasteiger partial charge is 0.354 e. The van der Waals surface area contributed by atoms with Gasteiger partial charge in [-0.3, -0.25) is 4.79 Å². The standard InChI is InChI=1S/C13H12Cl2F3N3O2/c14-8-2-1-7(4-9(8)15)20-12(23)21-10-3-6(13(16,17)18)5-19-11(10)22/h1-2,4,6,10H,3,5H2,(H,19,22)(H2,20,21,23). The monoisotopic (exact) mass is 369 g/mol. The van der Waals surface area contributed by atoms with Gasteiger partial charge in [-0.1, -0.05) is 23.2 Å². The Labute approximate surface area is 139 Å². The molecular formula is C13H12Cl2F3N3O2. The first-order valence-electron chi connectivity index (χ1n) is 6.54. The van der Waals surface area contributed by atoms with E-state index in [0.29, 0.717) is 5.69 Å². The van der Waals surface area contributed by atoms with Crippen LogP contribution in [0.1, 0.15) is 6.42 Å². The van der Waals surface area contributed by atoms with Crippen LogP contribution >= 0.6 is 23.2 Å². The number of hydrogen-bond acceptors (Lipinski definition) is 2. The lowest BCUT2D eigenvalue weighted by Gasteiger charge is -2.30. The number of alkyl halides is 3. The minimum absolute atomic E-state index is 0.206. The van der Waals surface area contributed by atoms with E-state index in [2.05, 4.69) is 16.0 Å². The summed E-state index contributed by atoms with van der Waals surface area (Å²) >= 11 is 11.5. The summed E-state index contributed by atoms with van der Waals surface area (Å²) in [5, 5.41) is 7.22. The van der Waals surface area contributed by atoms with Gasteiger partial charge in [0.1, 0.15) is 6.04 Å². The Bertz CT molecular complexity index is 625. The maximum absolute atomic E-state index is 12.7. The molecule has 2 atom stereocenters. The highest BCUT2D eigenvalue weighted by molar-refractivity contribution is 6.42. The zero-order valence-electron chi connectivity index (χ0n) is 11.5. The first-order chi connectivity index (χ1) is 10.7. The molecule has 0 spiro atoms. The van der Waals surface area contributed by atoms with E-state index in [4.69, 9.17) is 23.2 Å². The highest BCUT2D eigenvalue weighted by Crippen LogP contribution is 2.31. The number of rotatable bonds is 2. The average molecular weight is 370 g/mol. The number of carbonyl (C=O) groups excluding carboxylic acids is 2. The number of halogens is 5. The Kier molecular flexibility index (Phi) is 5.26. The van der Waals surface area contributed by atoms with E-state index in [9.17, 15) is 22.8 Å². The molecule has 1 aliphatic heterocycles. The van der Waals surface area contributed by atoms with Crippen LogP contribution in [-0.2, 0) is 4.79 Å².